The van der Waals surface area contributed by atoms with Gasteiger partial charge in [0.15, 0.2) is 0 Å². The van der Waals surface area contributed by atoms with Crippen molar-refractivity contribution in [3.05, 3.63) is 12.3 Å². The van der Waals surface area contributed by atoms with Gasteiger partial charge in [-0.05, 0) is 12.8 Å². The normalized spacial score (nSPS) is 11.4. The van der Waals surface area contributed by atoms with Crippen LogP contribution in [0.1, 0.15) is 110 Å². The fraction of sp³-hybridized carbons (Fsp3) is 0.895. The minimum absolute atomic E-state index is 1.04. The summed E-state index contributed by atoms with van der Waals surface area (Å²) in [6.07, 6.45) is 25.2. The van der Waals surface area contributed by atoms with E-state index >= 15 is 0 Å². The molecule has 20 heavy (non-hydrogen) atoms. The van der Waals surface area contributed by atoms with Crippen LogP contribution < -0.4 is 5.73 Å². The first kappa shape index (κ1) is 19.5. The summed E-state index contributed by atoms with van der Waals surface area (Å²) in [6.45, 7) is 2.28. The van der Waals surface area contributed by atoms with Crippen LogP contribution in [0.3, 0.4) is 0 Å². The zero-order valence-corrected chi connectivity index (χ0v) is 13.9. The minimum atomic E-state index is 1.04. The van der Waals surface area contributed by atoms with Gasteiger partial charge < -0.3 is 0 Å². The summed E-state index contributed by atoms with van der Waals surface area (Å²) < 4.78 is 0. The number of hydrogen-bond acceptors (Lipinski definition) is 0. The van der Waals surface area contributed by atoms with Gasteiger partial charge in [0.1, 0.15) is 0 Å². The molecule has 0 spiro atoms. The molecule has 0 unspecified atom stereocenters. The van der Waals surface area contributed by atoms with Crippen molar-refractivity contribution in [2.24, 2.45) is 0 Å². The Labute approximate surface area is 128 Å². The zero-order valence-electron chi connectivity index (χ0n) is 13.9. The van der Waals surface area contributed by atoms with E-state index in [1.165, 1.54) is 103 Å². The first-order valence-corrected chi connectivity index (χ1v) is 9.21. The number of allylic oxidation sites excluding steroid dienone is 1. The highest BCUT2D eigenvalue weighted by atomic mass is 14.5. The van der Waals surface area contributed by atoms with E-state index in [-0.39, 0.29) is 0 Å². The first-order valence-electron chi connectivity index (χ1n) is 9.21. The Morgan fingerprint density at radius 1 is 0.550 bits per heavy atom. The van der Waals surface area contributed by atoms with E-state index in [2.05, 4.69) is 6.92 Å². The Morgan fingerprint density at radius 3 is 1.25 bits per heavy atom. The lowest BCUT2D eigenvalue weighted by atomic mass is 10.0. The molecular weight excluding hydrogens is 242 g/mol. The van der Waals surface area contributed by atoms with E-state index in [1.807, 2.05) is 6.08 Å². The Balaban J connectivity index is 2.92. The molecule has 0 aliphatic carbocycles. The molecule has 0 saturated carbocycles. The van der Waals surface area contributed by atoms with E-state index in [1.54, 1.807) is 0 Å². The van der Waals surface area contributed by atoms with Gasteiger partial charge in [0.05, 0.1) is 0 Å². The smallest absolute Gasteiger partial charge is 0.0455 e. The van der Waals surface area contributed by atoms with Crippen molar-refractivity contribution in [3.63, 3.8) is 0 Å². The Morgan fingerprint density at radius 2 is 0.900 bits per heavy atom. The summed E-state index contributed by atoms with van der Waals surface area (Å²) in [5.74, 6) is 0. The van der Waals surface area contributed by atoms with Gasteiger partial charge in [-0.1, -0.05) is 103 Å². The summed E-state index contributed by atoms with van der Waals surface area (Å²) in [6, 6.07) is 0. The molecule has 1 heteroatoms. The van der Waals surface area contributed by atoms with Crippen molar-refractivity contribution in [2.75, 3.05) is 0 Å². The van der Waals surface area contributed by atoms with Crippen LogP contribution in [-0.4, -0.2) is 0 Å². The average Bonchev–Trinajstić information content (AvgIpc) is 2.47. The maximum absolute atomic E-state index is 8.50. The maximum atomic E-state index is 8.50. The topological polar surface area (TPSA) is 22.3 Å². The third-order valence-electron chi connectivity index (χ3n) is 4.08. The summed E-state index contributed by atoms with van der Waals surface area (Å²) in [5.41, 5.74) is 8.50. The minimum Gasteiger partial charge on any atom is -0.160 e. The molecule has 0 N–H and O–H groups in total. The molecule has 0 aromatic rings. The molecule has 2 radical (unpaired) electrons. The fourth-order valence-electron chi connectivity index (χ4n) is 2.71. The molecule has 0 fully saturated rings. The molecule has 118 valence electrons. The van der Waals surface area contributed by atoms with Crippen LogP contribution in [0, 0.1) is 0 Å². The van der Waals surface area contributed by atoms with Crippen LogP contribution in [0.5, 0.6) is 0 Å². The molecule has 0 aromatic carbocycles. The second-order valence-corrected chi connectivity index (χ2v) is 6.12. The Bertz CT molecular complexity index is 186. The molecule has 0 saturated heterocycles. The van der Waals surface area contributed by atoms with Gasteiger partial charge in [0, 0.05) is 6.20 Å². The van der Waals surface area contributed by atoms with Crippen LogP contribution in [0.4, 0.5) is 0 Å². The van der Waals surface area contributed by atoms with Gasteiger partial charge >= 0.3 is 0 Å². The molecule has 0 heterocycles. The monoisotopic (exact) mass is 279 g/mol. The number of unbranched alkanes of at least 4 members (excludes halogenated alkanes) is 15. The summed E-state index contributed by atoms with van der Waals surface area (Å²) in [4.78, 5) is 0. The van der Waals surface area contributed by atoms with Crippen LogP contribution >= 0.6 is 0 Å². The second kappa shape index (κ2) is 18.5. The third kappa shape index (κ3) is 17.5. The average molecular weight is 280 g/mol. The highest BCUT2D eigenvalue weighted by Crippen LogP contribution is 2.13. The highest BCUT2D eigenvalue weighted by molar-refractivity contribution is 4.74. The maximum Gasteiger partial charge on any atom is 0.0455 e. The summed E-state index contributed by atoms with van der Waals surface area (Å²) >= 11 is 0. The molecular formula is C19H37N. The van der Waals surface area contributed by atoms with Crippen molar-refractivity contribution >= 4 is 0 Å². The predicted octanol–water partition coefficient (Wildman–Crippen LogP) is 6.83. The summed E-state index contributed by atoms with van der Waals surface area (Å²) in [5, 5.41) is 0. The van der Waals surface area contributed by atoms with Crippen molar-refractivity contribution in [2.45, 2.75) is 110 Å². The van der Waals surface area contributed by atoms with Gasteiger partial charge in [0.2, 0.25) is 0 Å². The molecule has 0 aromatic heterocycles. The lowest BCUT2D eigenvalue weighted by molar-refractivity contribution is 0.533. The number of hydrogen-bond donors (Lipinski definition) is 0. The molecule has 0 atom stereocenters. The molecule has 0 bridgehead atoms. The summed E-state index contributed by atoms with van der Waals surface area (Å²) in [7, 11) is 0. The lowest BCUT2D eigenvalue weighted by Crippen LogP contribution is -1.83. The largest absolute Gasteiger partial charge is 0.160 e. The van der Waals surface area contributed by atoms with E-state index in [9.17, 15) is 0 Å². The molecule has 1 nitrogen and oxygen atoms in total. The number of nitrogens with zero attached hydrogens (tertiary/aromatic N) is 1. The van der Waals surface area contributed by atoms with Crippen LogP contribution in [0.2, 0.25) is 0 Å². The van der Waals surface area contributed by atoms with Crippen LogP contribution in [-0.2, 0) is 0 Å². The van der Waals surface area contributed by atoms with E-state index in [0.29, 0.717) is 0 Å². The number of rotatable bonds is 16. The first-order chi connectivity index (χ1) is 9.91. The van der Waals surface area contributed by atoms with Gasteiger partial charge in [-0.2, -0.15) is 5.73 Å². The van der Waals surface area contributed by atoms with E-state index < -0.39 is 0 Å². The second-order valence-electron chi connectivity index (χ2n) is 6.12. The van der Waals surface area contributed by atoms with Gasteiger partial charge in [-0.25, -0.2) is 0 Å². The quantitative estimate of drug-likeness (QED) is 0.276. The third-order valence-corrected chi connectivity index (χ3v) is 4.08. The van der Waals surface area contributed by atoms with Crippen molar-refractivity contribution in [3.8, 4) is 0 Å². The van der Waals surface area contributed by atoms with Gasteiger partial charge in [-0.3, -0.25) is 0 Å². The molecule has 0 amide bonds. The molecule has 0 aliphatic heterocycles. The molecule has 0 rings (SSSR count). The van der Waals surface area contributed by atoms with E-state index in [0.717, 1.165) is 6.42 Å². The fourth-order valence-corrected chi connectivity index (χ4v) is 2.71. The van der Waals surface area contributed by atoms with Crippen LogP contribution in [0.15, 0.2) is 12.3 Å². The molecule has 0 aliphatic rings. The Hall–Kier alpha value is -0.460. The zero-order chi connectivity index (χ0) is 14.7. The van der Waals surface area contributed by atoms with Crippen molar-refractivity contribution in [1.29, 1.82) is 0 Å². The van der Waals surface area contributed by atoms with E-state index in [4.69, 9.17) is 5.73 Å². The van der Waals surface area contributed by atoms with Crippen LogP contribution in [0.25, 0.3) is 0 Å². The van der Waals surface area contributed by atoms with Crippen molar-refractivity contribution < 1.29 is 0 Å². The Kier molecular flexibility index (Phi) is 18.1. The lowest BCUT2D eigenvalue weighted by Gasteiger charge is -2.03. The van der Waals surface area contributed by atoms with Gasteiger partial charge in [-0.15, -0.1) is 0 Å². The standard InChI is InChI=1S/C19H37N/c1-2-3-4-5-6-7-8-9-10-11-12-13-14-15-16-17-18-19-20/h18-19H,2-17H2,1H3/b19-18+. The SMILES string of the molecule is CCCCCCCCCCCCCCCCC/C=C/[N]. The predicted molar refractivity (Wildman–Crippen MR) is 90.8 cm³/mol. The van der Waals surface area contributed by atoms with Crippen molar-refractivity contribution in [1.82, 2.24) is 5.73 Å². The van der Waals surface area contributed by atoms with Gasteiger partial charge in [0.25, 0.3) is 0 Å². The highest BCUT2D eigenvalue weighted by Gasteiger charge is 1.93.